The Morgan fingerprint density at radius 1 is 0.714 bits per heavy atom. The highest BCUT2D eigenvalue weighted by molar-refractivity contribution is 8.15. The SMILES string of the molecule is O=C1S[C@@H]2C[C@H]1N(C(=O)OCc1ccc([N+](=O)[O-])cc1)C2.O=C1S[C@H]2C[C@@H]1N(C(=O)OCc1ccc([N+](=O)[O-])cc1)C2. The van der Waals surface area contributed by atoms with E-state index in [2.05, 4.69) is 0 Å². The predicted molar refractivity (Wildman–Crippen MR) is 150 cm³/mol. The first-order valence-corrected chi connectivity index (χ1v) is 14.6. The summed E-state index contributed by atoms with van der Waals surface area (Å²) in [6, 6.07) is 10.9. The number of hydrogen-bond acceptors (Lipinski definition) is 12. The molecule has 4 aliphatic heterocycles. The number of fused-ring (bicyclic) bond motifs is 4. The molecule has 220 valence electrons. The third-order valence-electron chi connectivity index (χ3n) is 7.12. The third-order valence-corrected chi connectivity index (χ3v) is 9.48. The molecule has 14 nitrogen and oxygen atoms in total. The molecule has 0 aliphatic carbocycles. The molecule has 4 fully saturated rings. The lowest BCUT2D eigenvalue weighted by atomic mass is 10.2. The van der Waals surface area contributed by atoms with E-state index >= 15 is 0 Å². The number of amides is 2. The summed E-state index contributed by atoms with van der Waals surface area (Å²) in [4.78, 5) is 70.1. The Kier molecular flexibility index (Phi) is 8.63. The second kappa shape index (κ2) is 12.4. The number of rotatable bonds is 6. The lowest BCUT2D eigenvalue weighted by molar-refractivity contribution is -0.385. The van der Waals surface area contributed by atoms with Crippen LogP contribution in [0, 0.1) is 20.2 Å². The number of benzene rings is 2. The summed E-state index contributed by atoms with van der Waals surface area (Å²) in [5.74, 6) is 0. The first-order valence-electron chi connectivity index (χ1n) is 12.8. The van der Waals surface area contributed by atoms with Crippen LogP contribution in [0.2, 0.25) is 0 Å². The normalized spacial score (nSPS) is 23.4. The van der Waals surface area contributed by atoms with E-state index in [1.807, 2.05) is 0 Å². The molecule has 4 saturated heterocycles. The maximum absolute atomic E-state index is 12.0. The van der Waals surface area contributed by atoms with Crippen molar-refractivity contribution in [1.82, 2.24) is 9.80 Å². The van der Waals surface area contributed by atoms with Gasteiger partial charge in [0.15, 0.2) is 0 Å². The summed E-state index contributed by atoms with van der Waals surface area (Å²) >= 11 is 2.61. The average molecular weight is 617 g/mol. The monoisotopic (exact) mass is 616 g/mol. The van der Waals surface area contributed by atoms with Crippen LogP contribution in [0.3, 0.4) is 0 Å². The molecule has 2 amide bonds. The van der Waals surface area contributed by atoms with Gasteiger partial charge in [-0.2, -0.15) is 0 Å². The number of hydrogen-bond donors (Lipinski definition) is 0. The number of nitrogens with zero attached hydrogens (tertiary/aromatic N) is 4. The van der Waals surface area contributed by atoms with Crippen molar-refractivity contribution in [3.8, 4) is 0 Å². The molecule has 0 unspecified atom stereocenters. The van der Waals surface area contributed by atoms with E-state index in [1.165, 1.54) is 57.6 Å². The van der Waals surface area contributed by atoms with E-state index in [-0.39, 0.29) is 57.4 Å². The van der Waals surface area contributed by atoms with Gasteiger partial charge in [-0.05, 0) is 48.2 Å². The van der Waals surface area contributed by atoms with Gasteiger partial charge in [0.25, 0.3) is 11.4 Å². The van der Waals surface area contributed by atoms with Gasteiger partial charge >= 0.3 is 12.2 Å². The fourth-order valence-electron chi connectivity index (χ4n) is 4.99. The second-order valence-corrected chi connectivity index (χ2v) is 12.5. The van der Waals surface area contributed by atoms with Crippen LogP contribution in [0.5, 0.6) is 0 Å². The topological polar surface area (TPSA) is 179 Å². The first-order chi connectivity index (χ1) is 20.1. The Morgan fingerprint density at radius 3 is 1.36 bits per heavy atom. The molecule has 16 heteroatoms. The largest absolute Gasteiger partial charge is 0.445 e. The van der Waals surface area contributed by atoms with E-state index < -0.39 is 22.0 Å². The van der Waals surface area contributed by atoms with E-state index in [0.29, 0.717) is 37.1 Å². The number of nitro benzene ring substituents is 2. The zero-order chi connectivity index (χ0) is 30.0. The Bertz CT molecular complexity index is 1310. The van der Waals surface area contributed by atoms with Gasteiger partial charge in [-0.25, -0.2) is 9.59 Å². The van der Waals surface area contributed by atoms with E-state index in [9.17, 15) is 39.4 Å². The highest BCUT2D eigenvalue weighted by Gasteiger charge is 2.48. The third kappa shape index (κ3) is 6.49. The van der Waals surface area contributed by atoms with Gasteiger partial charge in [0, 0.05) is 47.9 Å². The van der Waals surface area contributed by atoms with Crippen LogP contribution in [0.25, 0.3) is 0 Å². The summed E-state index contributed by atoms with van der Waals surface area (Å²) in [6.07, 6.45) is 0.399. The number of thioether (sulfide) groups is 2. The molecule has 6 rings (SSSR count). The smallest absolute Gasteiger partial charge is 0.410 e. The van der Waals surface area contributed by atoms with Gasteiger partial charge < -0.3 is 9.47 Å². The zero-order valence-electron chi connectivity index (χ0n) is 21.9. The van der Waals surface area contributed by atoms with Gasteiger partial charge in [-0.1, -0.05) is 23.5 Å². The Hall–Kier alpha value is -4.18. The Balaban J connectivity index is 0.000000168. The van der Waals surface area contributed by atoms with Crippen molar-refractivity contribution in [2.24, 2.45) is 0 Å². The van der Waals surface area contributed by atoms with E-state index in [1.54, 1.807) is 24.3 Å². The quantitative estimate of drug-likeness (QED) is 0.338. The lowest BCUT2D eigenvalue weighted by Gasteiger charge is -2.24. The summed E-state index contributed by atoms with van der Waals surface area (Å²) < 4.78 is 10.3. The van der Waals surface area contributed by atoms with Gasteiger partial charge in [0.1, 0.15) is 25.3 Å². The molecule has 0 N–H and O–H groups in total. The van der Waals surface area contributed by atoms with Gasteiger partial charge in [-0.3, -0.25) is 39.6 Å². The molecule has 4 heterocycles. The lowest BCUT2D eigenvalue weighted by Crippen LogP contribution is -2.41. The molecule has 4 atom stereocenters. The summed E-state index contributed by atoms with van der Waals surface area (Å²) in [5.41, 5.74) is 1.31. The fraction of sp³-hybridized carbons (Fsp3) is 0.385. The van der Waals surface area contributed by atoms with Crippen LogP contribution in [0.4, 0.5) is 21.0 Å². The van der Waals surface area contributed by atoms with Crippen molar-refractivity contribution >= 4 is 57.3 Å². The predicted octanol–water partition coefficient (Wildman–Crippen LogP) is 3.90. The minimum Gasteiger partial charge on any atom is -0.445 e. The molecular weight excluding hydrogens is 592 g/mol. The van der Waals surface area contributed by atoms with Crippen molar-refractivity contribution in [3.05, 3.63) is 79.9 Å². The molecule has 2 aromatic rings. The molecule has 4 bridgehead atoms. The van der Waals surface area contributed by atoms with Crippen molar-refractivity contribution < 1.29 is 38.5 Å². The molecule has 0 radical (unpaired) electrons. The van der Waals surface area contributed by atoms with Gasteiger partial charge in [0.05, 0.1) is 9.85 Å². The average Bonchev–Trinajstić information content (AvgIpc) is 3.76. The van der Waals surface area contributed by atoms with Crippen LogP contribution in [-0.2, 0) is 32.3 Å². The maximum atomic E-state index is 12.0. The number of likely N-dealkylation sites (tertiary alicyclic amines) is 2. The van der Waals surface area contributed by atoms with Crippen molar-refractivity contribution in [3.63, 3.8) is 0 Å². The van der Waals surface area contributed by atoms with Crippen LogP contribution >= 0.6 is 23.5 Å². The summed E-state index contributed by atoms with van der Waals surface area (Å²) in [7, 11) is 0. The summed E-state index contributed by atoms with van der Waals surface area (Å²) in [5, 5.41) is 21.5. The Morgan fingerprint density at radius 2 is 1.07 bits per heavy atom. The summed E-state index contributed by atoms with van der Waals surface area (Å²) in [6.45, 7) is 1.15. The van der Waals surface area contributed by atoms with Crippen LogP contribution in [0.15, 0.2) is 48.5 Å². The zero-order valence-corrected chi connectivity index (χ0v) is 23.5. The number of ether oxygens (including phenoxy) is 2. The van der Waals surface area contributed by atoms with Crippen molar-refractivity contribution in [2.45, 2.75) is 48.6 Å². The van der Waals surface area contributed by atoms with Crippen LogP contribution in [-0.4, -0.2) is 77.7 Å². The standard InChI is InChI=1S/2C13H12N2O5S/c2*16-12-11-5-10(21-12)6-14(11)13(17)20-7-8-1-3-9(4-2-8)15(18)19/h2*1-4,10-11H,5-7H2/t2*10-,11-/m10/s1. The highest BCUT2D eigenvalue weighted by atomic mass is 32.2. The molecule has 0 spiro atoms. The van der Waals surface area contributed by atoms with Crippen molar-refractivity contribution in [2.75, 3.05) is 13.1 Å². The van der Waals surface area contributed by atoms with Crippen LogP contribution < -0.4 is 0 Å². The molecule has 0 aromatic heterocycles. The van der Waals surface area contributed by atoms with Gasteiger partial charge in [0.2, 0.25) is 10.2 Å². The molecular formula is C26H24N4O10S2. The van der Waals surface area contributed by atoms with E-state index in [4.69, 9.17) is 9.47 Å². The highest BCUT2D eigenvalue weighted by Crippen LogP contribution is 2.40. The van der Waals surface area contributed by atoms with E-state index in [0.717, 1.165) is 0 Å². The molecule has 42 heavy (non-hydrogen) atoms. The minimum atomic E-state index is -0.505. The van der Waals surface area contributed by atoms with Crippen LogP contribution in [0.1, 0.15) is 24.0 Å². The number of carbonyl (C=O) groups excluding carboxylic acids is 4. The molecule has 0 saturated carbocycles. The minimum absolute atomic E-state index is 0.00968. The fourth-order valence-corrected chi connectivity index (χ4v) is 7.43. The second-order valence-electron chi connectivity index (χ2n) is 9.88. The maximum Gasteiger partial charge on any atom is 0.410 e. The molecule has 4 aliphatic rings. The number of carbonyl (C=O) groups is 4. The van der Waals surface area contributed by atoms with Gasteiger partial charge in [-0.15, -0.1) is 0 Å². The first kappa shape index (κ1) is 29.3. The van der Waals surface area contributed by atoms with Crippen molar-refractivity contribution in [1.29, 1.82) is 0 Å². The number of non-ortho nitro benzene ring substituents is 2. The number of nitro groups is 2. The Labute approximate surface area is 247 Å². The molecule has 2 aromatic carbocycles.